The summed E-state index contributed by atoms with van der Waals surface area (Å²) in [6, 6.07) is -0.984. The molecule has 2 atom stereocenters. The molecule has 0 aromatic rings. The Hall–Kier alpha value is -1.50. The normalized spacial score (nSPS) is 13.2. The Kier molecular flexibility index (Phi) is 7.86. The van der Waals surface area contributed by atoms with Crippen LogP contribution in [0.3, 0.4) is 0 Å². The third-order valence-corrected chi connectivity index (χ3v) is 3.22. The van der Waals surface area contributed by atoms with Crippen LogP contribution in [0.1, 0.15) is 13.8 Å². The average molecular weight is 274 g/mol. The molecule has 0 spiro atoms. The molecule has 0 saturated carbocycles. The Labute approximate surface area is 110 Å². The zero-order valence-corrected chi connectivity index (χ0v) is 11.3. The Balaban J connectivity index is 4.17. The van der Waals surface area contributed by atoms with Gasteiger partial charge in [-0.3, -0.25) is 9.59 Å². The van der Waals surface area contributed by atoms with E-state index >= 15 is 0 Å². The van der Waals surface area contributed by atoms with Crippen molar-refractivity contribution in [3.05, 3.63) is 12.7 Å². The van der Waals surface area contributed by atoms with Crippen molar-refractivity contribution in [2.75, 3.05) is 12.3 Å². The second-order valence-corrected chi connectivity index (χ2v) is 4.97. The minimum Gasteiger partial charge on any atom is -0.480 e. The van der Waals surface area contributed by atoms with E-state index in [0.717, 1.165) is 0 Å². The number of amides is 2. The molecule has 0 bridgehead atoms. The Morgan fingerprint density at radius 1 is 1.44 bits per heavy atom. The predicted molar refractivity (Wildman–Crippen MR) is 70.4 cm³/mol. The van der Waals surface area contributed by atoms with Crippen LogP contribution in [0, 0.1) is 0 Å². The highest BCUT2D eigenvalue weighted by atomic mass is 32.2. The van der Waals surface area contributed by atoms with Crippen LogP contribution < -0.4 is 10.6 Å². The van der Waals surface area contributed by atoms with Crippen LogP contribution in [0.5, 0.6) is 0 Å². The fourth-order valence-electron chi connectivity index (χ4n) is 1.05. The summed E-state index contributed by atoms with van der Waals surface area (Å²) in [5, 5.41) is 13.4. The van der Waals surface area contributed by atoms with Crippen LogP contribution in [-0.2, 0) is 14.4 Å². The van der Waals surface area contributed by atoms with Gasteiger partial charge in [-0.15, -0.1) is 18.3 Å². The van der Waals surface area contributed by atoms with Gasteiger partial charge in [0.05, 0.1) is 5.25 Å². The molecule has 0 aliphatic rings. The number of carbonyl (C=O) groups excluding carboxylic acids is 2. The average Bonchev–Trinajstić information content (AvgIpc) is 2.30. The molecule has 0 aromatic carbocycles. The van der Waals surface area contributed by atoms with Gasteiger partial charge in [0.25, 0.3) is 0 Å². The fraction of sp³-hybridized carbons (Fsp3) is 0.545. The van der Waals surface area contributed by atoms with Crippen molar-refractivity contribution in [2.45, 2.75) is 25.1 Å². The lowest BCUT2D eigenvalue weighted by molar-refractivity contribution is -0.140. The smallest absolute Gasteiger partial charge is 0.327 e. The number of carbonyl (C=O) groups is 3. The van der Waals surface area contributed by atoms with Gasteiger partial charge < -0.3 is 15.7 Å². The zero-order chi connectivity index (χ0) is 14.1. The van der Waals surface area contributed by atoms with Gasteiger partial charge >= 0.3 is 5.97 Å². The number of nitrogens with one attached hydrogen (secondary N) is 2. The molecule has 0 fully saturated rings. The maximum absolute atomic E-state index is 11.5. The minimum absolute atomic E-state index is 0.136. The van der Waals surface area contributed by atoms with Crippen LogP contribution in [-0.4, -0.2) is 46.5 Å². The topological polar surface area (TPSA) is 95.5 Å². The first-order chi connectivity index (χ1) is 8.38. The minimum atomic E-state index is -1.11. The van der Waals surface area contributed by atoms with Gasteiger partial charge in [0, 0.05) is 19.2 Å². The molecule has 0 radical (unpaired) electrons. The quantitative estimate of drug-likeness (QED) is 0.541. The van der Waals surface area contributed by atoms with E-state index in [9.17, 15) is 14.4 Å². The zero-order valence-electron chi connectivity index (χ0n) is 10.4. The summed E-state index contributed by atoms with van der Waals surface area (Å²) in [7, 11) is 0. The number of carboxylic acid groups (broad SMARTS) is 1. The molecule has 2 amide bonds. The Bertz CT molecular complexity index is 333. The highest BCUT2D eigenvalue weighted by Crippen LogP contribution is 2.12. The molecule has 6 nitrogen and oxygen atoms in total. The van der Waals surface area contributed by atoms with Gasteiger partial charge in [-0.25, -0.2) is 4.79 Å². The molecule has 3 N–H and O–H groups in total. The summed E-state index contributed by atoms with van der Waals surface area (Å²) >= 11 is 1.17. The van der Waals surface area contributed by atoms with Crippen molar-refractivity contribution in [3.8, 4) is 0 Å². The summed E-state index contributed by atoms with van der Waals surface area (Å²) in [6.45, 7) is 6.78. The number of carboxylic acids is 1. The summed E-state index contributed by atoms with van der Waals surface area (Å²) in [4.78, 5) is 33.1. The molecule has 1 unspecified atom stereocenters. The third-order valence-electron chi connectivity index (χ3n) is 1.98. The predicted octanol–water partition coefficient (Wildman–Crippen LogP) is -0.000400. The van der Waals surface area contributed by atoms with Crippen LogP contribution in [0.15, 0.2) is 12.7 Å². The van der Waals surface area contributed by atoms with Gasteiger partial charge in [-0.2, -0.15) is 0 Å². The second-order valence-electron chi connectivity index (χ2n) is 3.60. The van der Waals surface area contributed by atoms with E-state index < -0.39 is 17.9 Å². The van der Waals surface area contributed by atoms with Crippen molar-refractivity contribution < 1.29 is 19.5 Å². The van der Waals surface area contributed by atoms with Crippen LogP contribution in [0.2, 0.25) is 0 Å². The lowest BCUT2D eigenvalue weighted by Gasteiger charge is -2.16. The molecule has 0 saturated heterocycles. The summed E-state index contributed by atoms with van der Waals surface area (Å²) in [5.41, 5.74) is 0. The number of aliphatic carboxylic acids is 1. The standard InChI is InChI=1S/C11H18N2O4S/c1-4-5-12-10(15)7(2)18-6-9(11(16)17)13-8(3)14/h4,7,9H,1,5-6H2,2-3H3,(H,12,15)(H,13,14)(H,16,17)/t7?,9-/m0/s1. The third kappa shape index (κ3) is 6.95. The highest BCUT2D eigenvalue weighted by molar-refractivity contribution is 8.00. The molecule has 0 aromatic heterocycles. The second kappa shape index (κ2) is 8.57. The summed E-state index contributed by atoms with van der Waals surface area (Å²) in [6.07, 6.45) is 1.56. The Morgan fingerprint density at radius 2 is 2.06 bits per heavy atom. The number of hydrogen-bond acceptors (Lipinski definition) is 4. The first-order valence-electron chi connectivity index (χ1n) is 5.38. The van der Waals surface area contributed by atoms with Gasteiger partial charge in [0.1, 0.15) is 6.04 Å². The van der Waals surface area contributed by atoms with E-state index in [4.69, 9.17) is 5.11 Å². The molecular weight excluding hydrogens is 256 g/mol. The van der Waals surface area contributed by atoms with Gasteiger partial charge in [0.2, 0.25) is 11.8 Å². The van der Waals surface area contributed by atoms with Crippen molar-refractivity contribution >= 4 is 29.5 Å². The summed E-state index contributed by atoms with van der Waals surface area (Å²) < 4.78 is 0. The SMILES string of the molecule is C=CCNC(=O)C(C)SC[C@H](NC(C)=O)C(=O)O. The van der Waals surface area contributed by atoms with Gasteiger partial charge in [-0.05, 0) is 6.92 Å². The molecule has 0 aliphatic heterocycles. The molecule has 7 heteroatoms. The maximum Gasteiger partial charge on any atom is 0.327 e. The summed E-state index contributed by atoms with van der Waals surface area (Å²) in [5.74, 6) is -1.58. The molecule has 102 valence electrons. The largest absolute Gasteiger partial charge is 0.480 e. The fourth-order valence-corrected chi connectivity index (χ4v) is 1.99. The van der Waals surface area contributed by atoms with Crippen molar-refractivity contribution in [1.29, 1.82) is 0 Å². The van der Waals surface area contributed by atoms with Crippen molar-refractivity contribution in [1.82, 2.24) is 10.6 Å². The van der Waals surface area contributed by atoms with Crippen LogP contribution >= 0.6 is 11.8 Å². The van der Waals surface area contributed by atoms with E-state index in [2.05, 4.69) is 17.2 Å². The van der Waals surface area contributed by atoms with E-state index in [1.54, 1.807) is 13.0 Å². The molecular formula is C11H18N2O4S. The lowest BCUT2D eigenvalue weighted by atomic mass is 10.3. The van der Waals surface area contributed by atoms with Gasteiger partial charge in [0.15, 0.2) is 0 Å². The molecule has 0 heterocycles. The van der Waals surface area contributed by atoms with Gasteiger partial charge in [-0.1, -0.05) is 6.08 Å². The lowest BCUT2D eigenvalue weighted by Crippen LogP contribution is -2.42. The van der Waals surface area contributed by atoms with E-state index in [0.29, 0.717) is 6.54 Å². The number of rotatable bonds is 8. The highest BCUT2D eigenvalue weighted by Gasteiger charge is 2.21. The molecule has 0 rings (SSSR count). The monoisotopic (exact) mass is 274 g/mol. The number of thioether (sulfide) groups is 1. The van der Waals surface area contributed by atoms with E-state index in [-0.39, 0.29) is 16.9 Å². The molecule has 0 aliphatic carbocycles. The molecule has 18 heavy (non-hydrogen) atoms. The Morgan fingerprint density at radius 3 is 2.50 bits per heavy atom. The first kappa shape index (κ1) is 16.5. The maximum atomic E-state index is 11.5. The van der Waals surface area contributed by atoms with E-state index in [1.807, 2.05) is 0 Å². The first-order valence-corrected chi connectivity index (χ1v) is 6.43. The van der Waals surface area contributed by atoms with Crippen molar-refractivity contribution in [2.24, 2.45) is 0 Å². The van der Waals surface area contributed by atoms with Crippen molar-refractivity contribution in [3.63, 3.8) is 0 Å². The van der Waals surface area contributed by atoms with Crippen LogP contribution in [0.25, 0.3) is 0 Å². The number of hydrogen-bond donors (Lipinski definition) is 3. The van der Waals surface area contributed by atoms with Crippen LogP contribution in [0.4, 0.5) is 0 Å². The van der Waals surface area contributed by atoms with E-state index in [1.165, 1.54) is 18.7 Å².